The Balaban J connectivity index is 1.74. The first kappa shape index (κ1) is 21.8. The van der Waals surface area contributed by atoms with Crippen LogP contribution in [0.4, 0.5) is 17.6 Å². The molecule has 0 unspecified atom stereocenters. The second kappa shape index (κ2) is 9.24. The first-order valence-corrected chi connectivity index (χ1v) is 9.66. The van der Waals surface area contributed by atoms with Crippen LogP contribution in [-0.4, -0.2) is 38.5 Å². The lowest BCUT2D eigenvalue weighted by molar-refractivity contribution is 0.0460. The van der Waals surface area contributed by atoms with Gasteiger partial charge in [0, 0.05) is 11.4 Å². The Labute approximate surface area is 179 Å². The number of aromatic nitrogens is 4. The molecule has 0 aliphatic carbocycles. The molecule has 0 fully saturated rings. The molecule has 0 atom stereocenters. The fourth-order valence-electron chi connectivity index (χ4n) is 3.06. The van der Waals surface area contributed by atoms with E-state index in [1.165, 1.54) is 0 Å². The van der Waals surface area contributed by atoms with Crippen molar-refractivity contribution < 1.29 is 19.1 Å². The molecule has 0 aliphatic heterocycles. The van der Waals surface area contributed by atoms with Crippen LogP contribution < -0.4 is 11.1 Å². The molecule has 0 aliphatic rings. The number of hydrogen-bond donors (Lipinski definition) is 3. The van der Waals surface area contributed by atoms with Crippen molar-refractivity contribution in [2.45, 2.75) is 34.3 Å². The molecule has 0 amide bonds. The molecule has 0 spiro atoms. The van der Waals surface area contributed by atoms with Crippen molar-refractivity contribution in [1.82, 2.24) is 19.9 Å². The van der Waals surface area contributed by atoms with E-state index in [0.29, 0.717) is 11.3 Å². The van der Waals surface area contributed by atoms with Crippen molar-refractivity contribution in [2.75, 3.05) is 17.7 Å². The molecular formula is C21H24N6O4. The van der Waals surface area contributed by atoms with Gasteiger partial charge in [-0.2, -0.15) is 15.0 Å². The number of nitrogens with one attached hydrogen (secondary N) is 2. The molecule has 3 rings (SSSR count). The molecule has 0 saturated carbocycles. The van der Waals surface area contributed by atoms with Gasteiger partial charge in [0.05, 0.1) is 12.2 Å². The summed E-state index contributed by atoms with van der Waals surface area (Å²) in [5.74, 6) is -0.718. The van der Waals surface area contributed by atoms with Gasteiger partial charge < -0.3 is 25.5 Å². The lowest BCUT2D eigenvalue weighted by Gasteiger charge is -2.10. The Morgan fingerprint density at radius 3 is 2.52 bits per heavy atom. The number of rotatable bonds is 7. The van der Waals surface area contributed by atoms with Crippen molar-refractivity contribution in [3.8, 4) is 0 Å². The van der Waals surface area contributed by atoms with E-state index in [1.807, 2.05) is 31.2 Å². The Morgan fingerprint density at radius 2 is 1.81 bits per heavy atom. The highest BCUT2D eigenvalue weighted by molar-refractivity contribution is 5.98. The maximum Gasteiger partial charge on any atom is 0.355 e. The fraction of sp³-hybridized carbons (Fsp3) is 0.286. The van der Waals surface area contributed by atoms with Gasteiger partial charge in [-0.3, -0.25) is 0 Å². The number of carbonyl (C=O) groups excluding carboxylic acids is 2. The smallest absolute Gasteiger partial charge is 0.355 e. The van der Waals surface area contributed by atoms with E-state index < -0.39 is 11.9 Å². The number of aromatic amines is 1. The van der Waals surface area contributed by atoms with E-state index in [9.17, 15) is 9.59 Å². The lowest BCUT2D eigenvalue weighted by atomic mass is 10.1. The molecule has 2 aromatic heterocycles. The molecule has 2 heterocycles. The Morgan fingerprint density at radius 1 is 1.06 bits per heavy atom. The SMILES string of the molecule is CCOC(=O)c1[nH]c(C)c(C(=O)OCc2nc(N)nc(Nc3ccccc3C)n2)c1C. The summed E-state index contributed by atoms with van der Waals surface area (Å²) >= 11 is 0. The minimum atomic E-state index is -0.616. The number of nitrogens with two attached hydrogens (primary N) is 1. The number of H-pyrrole nitrogens is 1. The van der Waals surface area contributed by atoms with Crippen LogP contribution in [0.3, 0.4) is 0 Å². The molecule has 1 aromatic carbocycles. The van der Waals surface area contributed by atoms with Crippen LogP contribution in [-0.2, 0) is 16.1 Å². The van der Waals surface area contributed by atoms with E-state index in [-0.39, 0.29) is 42.2 Å². The van der Waals surface area contributed by atoms with E-state index >= 15 is 0 Å². The van der Waals surface area contributed by atoms with Gasteiger partial charge in [-0.25, -0.2) is 9.59 Å². The average Bonchev–Trinajstić information content (AvgIpc) is 3.02. The van der Waals surface area contributed by atoms with Gasteiger partial charge in [-0.1, -0.05) is 18.2 Å². The average molecular weight is 424 g/mol. The maximum atomic E-state index is 12.6. The highest BCUT2D eigenvalue weighted by atomic mass is 16.5. The summed E-state index contributed by atoms with van der Waals surface area (Å²) in [6.45, 7) is 7.00. The second-order valence-electron chi connectivity index (χ2n) is 6.79. The minimum absolute atomic E-state index is 0.00395. The number of nitrogens with zero attached hydrogens (tertiary/aromatic N) is 3. The second-order valence-corrected chi connectivity index (χ2v) is 6.79. The molecule has 162 valence electrons. The molecular weight excluding hydrogens is 400 g/mol. The molecule has 4 N–H and O–H groups in total. The number of ether oxygens (including phenoxy) is 2. The third-order valence-electron chi connectivity index (χ3n) is 4.54. The summed E-state index contributed by atoms with van der Waals surface area (Å²) in [6.07, 6.45) is 0. The molecule has 0 saturated heterocycles. The Hall–Kier alpha value is -3.95. The van der Waals surface area contributed by atoms with Gasteiger partial charge in [0.15, 0.2) is 12.4 Å². The van der Waals surface area contributed by atoms with Crippen LogP contribution in [0.2, 0.25) is 0 Å². The van der Waals surface area contributed by atoms with Crippen molar-refractivity contribution >= 4 is 29.5 Å². The number of para-hydroxylation sites is 1. The molecule has 31 heavy (non-hydrogen) atoms. The summed E-state index contributed by atoms with van der Waals surface area (Å²) in [5, 5.41) is 3.08. The summed E-state index contributed by atoms with van der Waals surface area (Å²) in [4.78, 5) is 39.9. The van der Waals surface area contributed by atoms with Gasteiger partial charge in [0.25, 0.3) is 0 Å². The summed E-state index contributed by atoms with van der Waals surface area (Å²) in [5.41, 5.74) is 9.06. The van der Waals surface area contributed by atoms with Crippen LogP contribution in [0.1, 0.15) is 50.4 Å². The topological polar surface area (TPSA) is 145 Å². The zero-order valence-electron chi connectivity index (χ0n) is 17.8. The molecule has 10 heteroatoms. The van der Waals surface area contributed by atoms with E-state index in [2.05, 4.69) is 25.3 Å². The third-order valence-corrected chi connectivity index (χ3v) is 4.54. The third kappa shape index (κ3) is 4.97. The predicted octanol–water partition coefficient (Wildman–Crippen LogP) is 2.98. The first-order valence-electron chi connectivity index (χ1n) is 9.66. The van der Waals surface area contributed by atoms with E-state index in [0.717, 1.165) is 11.3 Å². The number of esters is 2. The highest BCUT2D eigenvalue weighted by Gasteiger charge is 2.24. The highest BCUT2D eigenvalue weighted by Crippen LogP contribution is 2.21. The van der Waals surface area contributed by atoms with Crippen LogP contribution in [0.25, 0.3) is 0 Å². The quantitative estimate of drug-likeness (QED) is 0.487. The Kier molecular flexibility index (Phi) is 6.49. The minimum Gasteiger partial charge on any atom is -0.461 e. The van der Waals surface area contributed by atoms with Crippen molar-refractivity contribution in [1.29, 1.82) is 0 Å². The van der Waals surface area contributed by atoms with Crippen LogP contribution in [0.5, 0.6) is 0 Å². The van der Waals surface area contributed by atoms with E-state index in [4.69, 9.17) is 15.2 Å². The van der Waals surface area contributed by atoms with Crippen LogP contribution in [0, 0.1) is 20.8 Å². The van der Waals surface area contributed by atoms with Gasteiger partial charge in [-0.15, -0.1) is 0 Å². The molecule has 0 radical (unpaired) electrons. The van der Waals surface area contributed by atoms with E-state index in [1.54, 1.807) is 20.8 Å². The van der Waals surface area contributed by atoms with Crippen molar-refractivity contribution in [2.24, 2.45) is 0 Å². The van der Waals surface area contributed by atoms with Crippen molar-refractivity contribution in [3.05, 3.63) is 58.2 Å². The summed E-state index contributed by atoms with van der Waals surface area (Å²) in [6, 6.07) is 7.63. The molecule has 3 aromatic rings. The van der Waals surface area contributed by atoms with Crippen LogP contribution in [0.15, 0.2) is 24.3 Å². The van der Waals surface area contributed by atoms with Crippen LogP contribution >= 0.6 is 0 Å². The monoisotopic (exact) mass is 424 g/mol. The summed E-state index contributed by atoms with van der Waals surface area (Å²) < 4.78 is 10.4. The zero-order valence-corrected chi connectivity index (χ0v) is 17.8. The normalized spacial score (nSPS) is 10.6. The van der Waals surface area contributed by atoms with Gasteiger partial charge in [0.1, 0.15) is 5.69 Å². The zero-order chi connectivity index (χ0) is 22.5. The predicted molar refractivity (Wildman–Crippen MR) is 114 cm³/mol. The summed E-state index contributed by atoms with van der Waals surface area (Å²) in [7, 11) is 0. The molecule has 0 bridgehead atoms. The number of carbonyl (C=O) groups is 2. The van der Waals surface area contributed by atoms with Gasteiger partial charge in [-0.05, 0) is 44.9 Å². The number of anilines is 3. The first-order chi connectivity index (χ1) is 14.8. The number of aryl methyl sites for hydroxylation is 2. The number of hydrogen-bond acceptors (Lipinski definition) is 9. The lowest BCUT2D eigenvalue weighted by Crippen LogP contribution is -2.12. The largest absolute Gasteiger partial charge is 0.461 e. The van der Waals surface area contributed by atoms with Gasteiger partial charge >= 0.3 is 11.9 Å². The number of benzene rings is 1. The fourth-order valence-corrected chi connectivity index (χ4v) is 3.06. The molecule has 10 nitrogen and oxygen atoms in total. The maximum absolute atomic E-state index is 12.6. The van der Waals surface area contributed by atoms with Crippen molar-refractivity contribution in [3.63, 3.8) is 0 Å². The van der Waals surface area contributed by atoms with Gasteiger partial charge in [0.2, 0.25) is 11.9 Å². The standard InChI is InChI=1S/C21H24N6O4/c1-5-30-19(29)17-12(3)16(13(4)23-17)18(28)31-10-15-25-20(22)27-21(26-15)24-14-9-7-6-8-11(14)2/h6-9,23H,5,10H2,1-4H3,(H3,22,24,25,26,27). The Bertz CT molecular complexity index is 1130. The number of nitrogen functional groups attached to an aromatic ring is 1.